The van der Waals surface area contributed by atoms with E-state index >= 15 is 0 Å². The average molecular weight is 556 g/mol. The summed E-state index contributed by atoms with van der Waals surface area (Å²) in [5.41, 5.74) is 2.56. The Bertz CT molecular complexity index is 880. The number of carbonyl (C=O) groups excluding carboxylic acids is 1. The highest BCUT2D eigenvalue weighted by Crippen LogP contribution is 2.34. The third kappa shape index (κ3) is 7.77. The molecule has 9 heteroatoms. The van der Waals surface area contributed by atoms with Crippen molar-refractivity contribution in [3.05, 3.63) is 53.1 Å². The number of rotatable bonds is 10. The van der Waals surface area contributed by atoms with Gasteiger partial charge in [-0.15, -0.1) is 24.0 Å². The van der Waals surface area contributed by atoms with Crippen LogP contribution >= 0.6 is 24.0 Å². The highest BCUT2D eigenvalue weighted by atomic mass is 127. The maximum atomic E-state index is 11.8. The van der Waals surface area contributed by atoms with Crippen molar-refractivity contribution in [3.8, 4) is 17.2 Å². The minimum absolute atomic E-state index is 0. The molecule has 0 aliphatic rings. The van der Waals surface area contributed by atoms with Gasteiger partial charge in [0.15, 0.2) is 5.96 Å². The maximum Gasteiger partial charge on any atom is 0.251 e. The van der Waals surface area contributed by atoms with Gasteiger partial charge in [0.1, 0.15) is 17.2 Å². The first-order valence-corrected chi connectivity index (χ1v) is 10.2. The molecule has 0 saturated carbocycles. The van der Waals surface area contributed by atoms with Crippen molar-refractivity contribution in [1.82, 2.24) is 16.0 Å². The Labute approximate surface area is 207 Å². The van der Waals surface area contributed by atoms with Crippen molar-refractivity contribution in [2.45, 2.75) is 19.9 Å². The molecule has 1 amide bonds. The van der Waals surface area contributed by atoms with Gasteiger partial charge >= 0.3 is 0 Å². The third-order valence-electron chi connectivity index (χ3n) is 4.68. The van der Waals surface area contributed by atoms with E-state index in [0.717, 1.165) is 24.1 Å². The van der Waals surface area contributed by atoms with Crippen LogP contribution in [-0.2, 0) is 13.0 Å². The predicted octanol–water partition coefficient (Wildman–Crippen LogP) is 2.99. The number of benzene rings is 2. The van der Waals surface area contributed by atoms with E-state index in [0.29, 0.717) is 41.9 Å². The molecule has 3 N–H and O–H groups in total. The summed E-state index contributed by atoms with van der Waals surface area (Å²) < 4.78 is 16.3. The lowest BCUT2D eigenvalue weighted by atomic mass is 10.1. The Hall–Kier alpha value is -2.69. The van der Waals surface area contributed by atoms with E-state index in [2.05, 4.69) is 20.9 Å². The number of methoxy groups -OCH3 is 3. The molecule has 32 heavy (non-hydrogen) atoms. The maximum absolute atomic E-state index is 11.8. The van der Waals surface area contributed by atoms with Gasteiger partial charge in [-0.25, -0.2) is 4.99 Å². The minimum Gasteiger partial charge on any atom is -0.496 e. The molecular weight excluding hydrogens is 523 g/mol. The van der Waals surface area contributed by atoms with Crippen molar-refractivity contribution in [2.75, 3.05) is 41.5 Å². The Morgan fingerprint density at radius 3 is 2.25 bits per heavy atom. The van der Waals surface area contributed by atoms with E-state index in [1.807, 2.05) is 37.3 Å². The van der Waals surface area contributed by atoms with Crippen LogP contribution in [0.1, 0.15) is 28.4 Å². The van der Waals surface area contributed by atoms with Gasteiger partial charge < -0.3 is 30.2 Å². The zero-order valence-electron chi connectivity index (χ0n) is 19.3. The Morgan fingerprint density at radius 2 is 1.69 bits per heavy atom. The molecule has 0 heterocycles. The average Bonchev–Trinajstić information content (AvgIpc) is 2.81. The molecular formula is C23H33IN4O4. The van der Waals surface area contributed by atoms with Crippen LogP contribution in [0.15, 0.2) is 41.4 Å². The molecule has 0 atom stereocenters. The molecule has 0 aliphatic heterocycles. The summed E-state index contributed by atoms with van der Waals surface area (Å²) >= 11 is 0. The second-order valence-corrected chi connectivity index (χ2v) is 6.66. The summed E-state index contributed by atoms with van der Waals surface area (Å²) in [5, 5.41) is 9.22. The molecule has 0 unspecified atom stereocenters. The molecule has 0 spiro atoms. The van der Waals surface area contributed by atoms with Gasteiger partial charge in [-0.05, 0) is 31.0 Å². The first kappa shape index (κ1) is 27.3. The summed E-state index contributed by atoms with van der Waals surface area (Å²) in [7, 11) is 6.45. The number of guanidine groups is 1. The zero-order chi connectivity index (χ0) is 22.6. The van der Waals surface area contributed by atoms with Gasteiger partial charge in [-0.3, -0.25) is 4.79 Å². The molecule has 8 nitrogen and oxygen atoms in total. The number of amides is 1. The van der Waals surface area contributed by atoms with Gasteiger partial charge in [-0.1, -0.05) is 12.1 Å². The highest BCUT2D eigenvalue weighted by Gasteiger charge is 2.13. The predicted molar refractivity (Wildman–Crippen MR) is 138 cm³/mol. The normalized spacial score (nSPS) is 10.6. The molecule has 0 bridgehead atoms. The van der Waals surface area contributed by atoms with Gasteiger partial charge in [0.2, 0.25) is 0 Å². The highest BCUT2D eigenvalue weighted by molar-refractivity contribution is 14.0. The summed E-state index contributed by atoms with van der Waals surface area (Å²) in [6.07, 6.45) is 0.754. The lowest BCUT2D eigenvalue weighted by Crippen LogP contribution is -2.38. The fourth-order valence-electron chi connectivity index (χ4n) is 3.07. The topological polar surface area (TPSA) is 93.2 Å². The number of nitrogens with zero attached hydrogens (tertiary/aromatic N) is 1. The SMILES string of the molecule is CCNC(=NCc1c(OC)cc(OC)cc1OC)NCCc1cccc(C(=O)NC)c1.I. The van der Waals surface area contributed by atoms with E-state index in [-0.39, 0.29) is 29.9 Å². The molecule has 0 aliphatic carbocycles. The van der Waals surface area contributed by atoms with Crippen LogP contribution in [0, 0.1) is 0 Å². The van der Waals surface area contributed by atoms with Gasteiger partial charge in [0, 0.05) is 37.8 Å². The molecule has 176 valence electrons. The van der Waals surface area contributed by atoms with Crippen LogP contribution in [0.2, 0.25) is 0 Å². The first-order valence-electron chi connectivity index (χ1n) is 10.2. The number of ether oxygens (including phenoxy) is 3. The van der Waals surface area contributed by atoms with Crippen LogP contribution in [0.5, 0.6) is 17.2 Å². The second kappa shape index (κ2) is 14.4. The molecule has 2 aromatic rings. The number of hydrogen-bond acceptors (Lipinski definition) is 5. The van der Waals surface area contributed by atoms with E-state index in [4.69, 9.17) is 14.2 Å². The van der Waals surface area contributed by atoms with Crippen molar-refractivity contribution in [3.63, 3.8) is 0 Å². The number of aliphatic imine (C=N–C) groups is 1. The van der Waals surface area contributed by atoms with Crippen molar-refractivity contribution < 1.29 is 19.0 Å². The Balaban J connectivity index is 0.00000512. The lowest BCUT2D eigenvalue weighted by molar-refractivity contribution is 0.0963. The van der Waals surface area contributed by atoms with E-state index < -0.39 is 0 Å². The van der Waals surface area contributed by atoms with Gasteiger partial charge in [0.25, 0.3) is 5.91 Å². The number of halogens is 1. The largest absolute Gasteiger partial charge is 0.496 e. The van der Waals surface area contributed by atoms with E-state index in [9.17, 15) is 4.79 Å². The summed E-state index contributed by atoms with van der Waals surface area (Å²) in [6.45, 7) is 3.78. The summed E-state index contributed by atoms with van der Waals surface area (Å²) in [5.74, 6) is 2.56. The first-order chi connectivity index (χ1) is 15.1. The zero-order valence-corrected chi connectivity index (χ0v) is 21.6. The van der Waals surface area contributed by atoms with Crippen molar-refractivity contribution in [1.29, 1.82) is 0 Å². The molecule has 0 fully saturated rings. The van der Waals surface area contributed by atoms with Gasteiger partial charge in [-0.2, -0.15) is 0 Å². The van der Waals surface area contributed by atoms with Crippen molar-refractivity contribution >= 4 is 35.8 Å². The smallest absolute Gasteiger partial charge is 0.251 e. The fraction of sp³-hybridized carbons (Fsp3) is 0.391. The third-order valence-corrected chi connectivity index (χ3v) is 4.68. The van der Waals surface area contributed by atoms with Crippen molar-refractivity contribution in [2.24, 2.45) is 4.99 Å². The van der Waals surface area contributed by atoms with Crippen LogP contribution in [0.4, 0.5) is 0 Å². The summed E-state index contributed by atoms with van der Waals surface area (Å²) in [4.78, 5) is 16.5. The van der Waals surface area contributed by atoms with Crippen LogP contribution in [0.3, 0.4) is 0 Å². The van der Waals surface area contributed by atoms with Crippen LogP contribution < -0.4 is 30.2 Å². The Kier molecular flexibility index (Phi) is 12.3. The molecule has 2 aromatic carbocycles. The number of hydrogen-bond donors (Lipinski definition) is 3. The fourth-order valence-corrected chi connectivity index (χ4v) is 3.07. The van der Waals surface area contributed by atoms with E-state index in [1.165, 1.54) is 0 Å². The summed E-state index contributed by atoms with van der Waals surface area (Å²) in [6, 6.07) is 11.2. The molecule has 2 rings (SSSR count). The van der Waals surface area contributed by atoms with E-state index in [1.54, 1.807) is 34.4 Å². The molecule has 0 saturated heterocycles. The van der Waals surface area contributed by atoms with Crippen LogP contribution in [0.25, 0.3) is 0 Å². The monoisotopic (exact) mass is 556 g/mol. The number of carbonyl (C=O) groups is 1. The molecule has 0 aromatic heterocycles. The standard InChI is InChI=1S/C23H32N4O4.HI/c1-6-25-23(26-11-10-16-8-7-9-17(12-16)22(28)24-2)27-15-19-20(30-4)13-18(29-3)14-21(19)31-5;/h7-9,12-14H,6,10-11,15H2,1-5H3,(H,24,28)(H2,25,26,27);1H. The Morgan fingerprint density at radius 1 is 1.00 bits per heavy atom. The minimum atomic E-state index is -0.0907. The quantitative estimate of drug-likeness (QED) is 0.237. The lowest BCUT2D eigenvalue weighted by Gasteiger charge is -2.15. The second-order valence-electron chi connectivity index (χ2n) is 6.66. The molecule has 0 radical (unpaired) electrons. The van der Waals surface area contributed by atoms with Gasteiger partial charge in [0.05, 0.1) is 33.4 Å². The number of nitrogens with one attached hydrogen (secondary N) is 3. The van der Waals surface area contributed by atoms with Crippen LogP contribution in [-0.4, -0.2) is 53.3 Å².